The molecule has 5 heteroatoms. The number of rotatable bonds is 8. The van der Waals surface area contributed by atoms with Gasteiger partial charge in [-0.1, -0.05) is 31.2 Å². The molecule has 0 aliphatic carbocycles. The highest BCUT2D eigenvalue weighted by atomic mass is 16.3. The third kappa shape index (κ3) is 5.18. The second-order valence-electron chi connectivity index (χ2n) is 7.80. The van der Waals surface area contributed by atoms with Crippen molar-refractivity contribution in [2.75, 3.05) is 26.2 Å². The van der Waals surface area contributed by atoms with E-state index >= 15 is 0 Å². The molecule has 1 aliphatic rings. The van der Waals surface area contributed by atoms with Crippen molar-refractivity contribution in [2.45, 2.75) is 59.3 Å². The Kier molecular flexibility index (Phi) is 7.05. The normalized spacial score (nSPS) is 18.9. The fourth-order valence-electron chi connectivity index (χ4n) is 4.04. The number of aliphatic hydroxyl groups excluding tert-OH is 1. The predicted octanol–water partition coefficient (Wildman–Crippen LogP) is 2.98. The van der Waals surface area contributed by atoms with Gasteiger partial charge in [-0.3, -0.25) is 14.5 Å². The van der Waals surface area contributed by atoms with Gasteiger partial charge in [-0.15, -0.1) is 0 Å². The predicted molar refractivity (Wildman–Crippen MR) is 110 cm³/mol. The number of aliphatic hydroxyl groups is 1. The first-order valence-corrected chi connectivity index (χ1v) is 10.3. The minimum atomic E-state index is 0.246. The van der Waals surface area contributed by atoms with Crippen LogP contribution in [0.1, 0.15) is 42.1 Å². The minimum absolute atomic E-state index is 0.246. The van der Waals surface area contributed by atoms with Crippen LogP contribution in [0.25, 0.3) is 0 Å². The summed E-state index contributed by atoms with van der Waals surface area (Å²) in [5.74, 6) is 0. The fourth-order valence-corrected chi connectivity index (χ4v) is 4.04. The summed E-state index contributed by atoms with van der Waals surface area (Å²) >= 11 is 0. The second kappa shape index (κ2) is 9.49. The number of aryl methyl sites for hydroxylation is 3. The van der Waals surface area contributed by atoms with Crippen molar-refractivity contribution < 1.29 is 5.11 Å². The van der Waals surface area contributed by atoms with Crippen LogP contribution in [0.2, 0.25) is 0 Å². The van der Waals surface area contributed by atoms with Crippen molar-refractivity contribution in [1.82, 2.24) is 19.6 Å². The van der Waals surface area contributed by atoms with Crippen LogP contribution in [0, 0.1) is 13.8 Å². The summed E-state index contributed by atoms with van der Waals surface area (Å²) in [6.45, 7) is 12.7. The summed E-state index contributed by atoms with van der Waals surface area (Å²) in [5.41, 5.74) is 5.22. The zero-order valence-electron chi connectivity index (χ0n) is 17.1. The van der Waals surface area contributed by atoms with Crippen molar-refractivity contribution in [2.24, 2.45) is 0 Å². The summed E-state index contributed by atoms with van der Waals surface area (Å²) in [6.07, 6.45) is 4.15. The first-order valence-electron chi connectivity index (χ1n) is 10.3. The molecule has 0 bridgehead atoms. The van der Waals surface area contributed by atoms with Crippen LogP contribution in [0.3, 0.4) is 0 Å². The lowest BCUT2D eigenvalue weighted by Gasteiger charge is -2.41. The van der Waals surface area contributed by atoms with Crippen molar-refractivity contribution in [3.63, 3.8) is 0 Å². The van der Waals surface area contributed by atoms with Crippen LogP contribution in [-0.2, 0) is 19.6 Å². The van der Waals surface area contributed by atoms with Crippen LogP contribution in [0.15, 0.2) is 30.5 Å². The third-order valence-corrected chi connectivity index (χ3v) is 5.68. The molecule has 1 fully saturated rings. The Hall–Kier alpha value is -1.69. The molecule has 1 aromatic carbocycles. The number of benzene rings is 1. The molecule has 2 heterocycles. The highest BCUT2D eigenvalue weighted by Gasteiger charge is 2.27. The smallest absolute Gasteiger partial charge is 0.0638 e. The molecular weight excluding hydrogens is 336 g/mol. The molecule has 0 spiro atoms. The largest absolute Gasteiger partial charge is 0.396 e. The first kappa shape index (κ1) is 20.1. The van der Waals surface area contributed by atoms with Gasteiger partial charge >= 0.3 is 0 Å². The van der Waals surface area contributed by atoms with E-state index in [-0.39, 0.29) is 6.61 Å². The molecule has 5 nitrogen and oxygen atoms in total. The van der Waals surface area contributed by atoms with Gasteiger partial charge in [0.2, 0.25) is 0 Å². The lowest BCUT2D eigenvalue weighted by Crippen LogP contribution is -2.52. The summed E-state index contributed by atoms with van der Waals surface area (Å²) < 4.78 is 2.07. The zero-order chi connectivity index (χ0) is 19.2. The number of hydrogen-bond acceptors (Lipinski definition) is 4. The summed E-state index contributed by atoms with van der Waals surface area (Å²) in [5, 5.41) is 14.2. The molecule has 1 saturated heterocycles. The topological polar surface area (TPSA) is 44.5 Å². The molecule has 0 radical (unpaired) electrons. The molecule has 2 aromatic rings. The van der Waals surface area contributed by atoms with Gasteiger partial charge in [0, 0.05) is 63.7 Å². The molecule has 1 atom stereocenters. The van der Waals surface area contributed by atoms with Crippen LogP contribution in [0.4, 0.5) is 0 Å². The Morgan fingerprint density at radius 2 is 1.93 bits per heavy atom. The molecule has 1 aliphatic heterocycles. The average molecular weight is 371 g/mol. The molecule has 148 valence electrons. The molecule has 1 aromatic heterocycles. The maximum absolute atomic E-state index is 9.58. The van der Waals surface area contributed by atoms with E-state index in [9.17, 15) is 5.11 Å². The van der Waals surface area contributed by atoms with E-state index in [4.69, 9.17) is 0 Å². The number of piperazine rings is 1. The van der Waals surface area contributed by atoms with Gasteiger partial charge in [0.25, 0.3) is 0 Å². The molecule has 1 N–H and O–H groups in total. The van der Waals surface area contributed by atoms with E-state index < -0.39 is 0 Å². The molecule has 3 rings (SSSR count). The van der Waals surface area contributed by atoms with Crippen LogP contribution in [0.5, 0.6) is 0 Å². The minimum Gasteiger partial charge on any atom is -0.396 e. The Morgan fingerprint density at radius 1 is 1.11 bits per heavy atom. The van der Waals surface area contributed by atoms with Gasteiger partial charge in [0.1, 0.15) is 0 Å². The third-order valence-electron chi connectivity index (χ3n) is 5.68. The van der Waals surface area contributed by atoms with Gasteiger partial charge in [0.15, 0.2) is 0 Å². The van der Waals surface area contributed by atoms with Crippen molar-refractivity contribution in [1.29, 1.82) is 0 Å². The van der Waals surface area contributed by atoms with E-state index in [0.717, 1.165) is 57.8 Å². The Bertz CT molecular complexity index is 727. The van der Waals surface area contributed by atoms with Gasteiger partial charge in [-0.25, -0.2) is 0 Å². The Balaban J connectivity index is 1.64. The maximum Gasteiger partial charge on any atom is 0.0638 e. The van der Waals surface area contributed by atoms with E-state index in [1.54, 1.807) is 0 Å². The van der Waals surface area contributed by atoms with E-state index in [1.807, 2.05) is 0 Å². The van der Waals surface area contributed by atoms with Crippen LogP contribution < -0.4 is 0 Å². The fraction of sp³-hybridized carbons (Fsp3) is 0.591. The maximum atomic E-state index is 9.58. The molecule has 27 heavy (non-hydrogen) atoms. The van der Waals surface area contributed by atoms with E-state index in [0.29, 0.717) is 6.04 Å². The number of nitrogens with zero attached hydrogens (tertiary/aromatic N) is 4. The van der Waals surface area contributed by atoms with Crippen molar-refractivity contribution in [3.05, 3.63) is 52.8 Å². The molecule has 1 unspecified atom stereocenters. The lowest BCUT2D eigenvalue weighted by atomic mass is 10.0. The Morgan fingerprint density at radius 3 is 2.67 bits per heavy atom. The summed E-state index contributed by atoms with van der Waals surface area (Å²) in [7, 11) is 0. The van der Waals surface area contributed by atoms with Crippen molar-refractivity contribution in [3.8, 4) is 0 Å². The highest BCUT2D eigenvalue weighted by molar-refractivity contribution is 5.25. The molecule has 0 saturated carbocycles. The Labute approximate surface area is 163 Å². The van der Waals surface area contributed by atoms with Crippen molar-refractivity contribution >= 4 is 0 Å². The first-order chi connectivity index (χ1) is 13.1. The number of hydrogen-bond donors (Lipinski definition) is 1. The molecule has 0 amide bonds. The van der Waals surface area contributed by atoms with Crippen LogP contribution >= 0.6 is 0 Å². The van der Waals surface area contributed by atoms with E-state index in [1.165, 1.54) is 16.7 Å². The second-order valence-corrected chi connectivity index (χ2v) is 7.80. The van der Waals surface area contributed by atoms with Gasteiger partial charge in [0.05, 0.1) is 5.69 Å². The van der Waals surface area contributed by atoms with E-state index in [2.05, 4.69) is 70.8 Å². The van der Waals surface area contributed by atoms with Gasteiger partial charge in [-0.2, -0.15) is 5.10 Å². The lowest BCUT2D eigenvalue weighted by molar-refractivity contribution is 0.0498. The highest BCUT2D eigenvalue weighted by Crippen LogP contribution is 2.20. The summed E-state index contributed by atoms with van der Waals surface area (Å²) in [4.78, 5) is 5.07. The average Bonchev–Trinajstić information content (AvgIpc) is 2.99. The SMILES string of the molecule is CCCn1cc(CN2CCN(Cc3ccccc3C)C(CCO)C2)c(C)n1. The van der Waals surface area contributed by atoms with Gasteiger partial charge in [-0.05, 0) is 37.8 Å². The quantitative estimate of drug-likeness (QED) is 0.776. The van der Waals surface area contributed by atoms with Crippen LogP contribution in [-0.4, -0.2) is 57.0 Å². The number of aromatic nitrogens is 2. The summed E-state index contributed by atoms with van der Waals surface area (Å²) in [6, 6.07) is 9.03. The molecular formula is C22H34N4O. The monoisotopic (exact) mass is 370 g/mol. The zero-order valence-corrected chi connectivity index (χ0v) is 17.1. The van der Waals surface area contributed by atoms with Gasteiger partial charge < -0.3 is 5.11 Å². The standard InChI is InChI=1S/C22H34N4O/c1-4-10-26-16-21(19(3)23-26)14-24-11-12-25(22(17-24)9-13-27)15-20-8-6-5-7-18(20)2/h5-8,16,22,27H,4,9-15,17H2,1-3H3.